The molecule has 1 unspecified atom stereocenters. The van der Waals surface area contributed by atoms with Crippen molar-refractivity contribution in [2.45, 2.75) is 19.4 Å². The molecule has 0 aliphatic heterocycles. The van der Waals surface area contributed by atoms with Crippen LogP contribution in [0.4, 0.5) is 0 Å². The molecule has 4 nitrogen and oxygen atoms in total. The van der Waals surface area contributed by atoms with Crippen LogP contribution < -0.4 is 11.1 Å². The lowest BCUT2D eigenvalue weighted by Gasteiger charge is -2.07. The summed E-state index contributed by atoms with van der Waals surface area (Å²) in [7, 11) is 0. The van der Waals surface area contributed by atoms with Crippen LogP contribution in [0.1, 0.15) is 12.5 Å². The lowest BCUT2D eigenvalue weighted by molar-refractivity contribution is -0.121. The van der Waals surface area contributed by atoms with Gasteiger partial charge in [0.25, 0.3) is 0 Å². The Hall–Kier alpha value is -1.55. The van der Waals surface area contributed by atoms with E-state index in [4.69, 9.17) is 5.73 Å². The van der Waals surface area contributed by atoms with E-state index in [1.807, 2.05) is 6.07 Å². The summed E-state index contributed by atoms with van der Waals surface area (Å²) in [5.74, 6) is 0.0844. The van der Waals surface area contributed by atoms with Crippen molar-refractivity contribution in [3.63, 3.8) is 0 Å². The molecule has 0 aliphatic rings. The first-order chi connectivity index (χ1) is 7.09. The van der Waals surface area contributed by atoms with E-state index in [1.54, 1.807) is 25.1 Å². The van der Waals surface area contributed by atoms with Crippen LogP contribution in [-0.4, -0.2) is 23.6 Å². The molecular weight excluding hydrogens is 192 g/mol. The molecule has 4 N–H and O–H groups in total. The average Bonchev–Trinajstić information content (AvgIpc) is 2.17. The molecule has 0 saturated heterocycles. The summed E-state index contributed by atoms with van der Waals surface area (Å²) in [6.45, 7) is 2.17. The minimum absolute atomic E-state index is 0.157. The second-order valence-corrected chi connectivity index (χ2v) is 3.50. The number of carbonyl (C=O) groups excluding carboxylic acids is 1. The molecule has 1 aromatic carbocycles. The van der Waals surface area contributed by atoms with Crippen molar-refractivity contribution >= 4 is 5.91 Å². The van der Waals surface area contributed by atoms with Crippen LogP contribution in [0.3, 0.4) is 0 Å². The fraction of sp³-hybridized carbons (Fsp3) is 0.364. The van der Waals surface area contributed by atoms with Crippen molar-refractivity contribution in [2.24, 2.45) is 5.73 Å². The van der Waals surface area contributed by atoms with Gasteiger partial charge in [-0.3, -0.25) is 4.79 Å². The molecule has 0 aliphatic carbocycles. The number of nitrogens with one attached hydrogen (secondary N) is 1. The van der Waals surface area contributed by atoms with E-state index in [-0.39, 0.29) is 11.7 Å². The van der Waals surface area contributed by atoms with Crippen LogP contribution in [0.15, 0.2) is 24.3 Å². The molecule has 15 heavy (non-hydrogen) atoms. The maximum atomic E-state index is 11.1. The fourth-order valence-electron chi connectivity index (χ4n) is 1.20. The number of phenolic OH excluding ortho intramolecular Hbond substituents is 1. The monoisotopic (exact) mass is 208 g/mol. The van der Waals surface area contributed by atoms with E-state index in [1.165, 1.54) is 0 Å². The molecular formula is C11H16N2O2. The van der Waals surface area contributed by atoms with Crippen molar-refractivity contribution in [1.29, 1.82) is 0 Å². The number of carbonyl (C=O) groups is 1. The molecule has 0 fully saturated rings. The van der Waals surface area contributed by atoms with E-state index < -0.39 is 6.04 Å². The molecule has 1 rings (SSSR count). The van der Waals surface area contributed by atoms with Gasteiger partial charge in [-0.2, -0.15) is 0 Å². The van der Waals surface area contributed by atoms with Gasteiger partial charge in [0, 0.05) is 6.54 Å². The van der Waals surface area contributed by atoms with Crippen LogP contribution in [0.25, 0.3) is 0 Å². The third-order valence-electron chi connectivity index (χ3n) is 2.04. The second-order valence-electron chi connectivity index (χ2n) is 3.50. The number of hydrogen-bond donors (Lipinski definition) is 3. The Morgan fingerprint density at radius 3 is 2.93 bits per heavy atom. The quantitative estimate of drug-likeness (QED) is 0.670. The molecule has 0 radical (unpaired) electrons. The first-order valence-corrected chi connectivity index (χ1v) is 4.91. The molecule has 1 amide bonds. The predicted molar refractivity (Wildman–Crippen MR) is 58.5 cm³/mol. The zero-order chi connectivity index (χ0) is 11.3. The van der Waals surface area contributed by atoms with Crippen molar-refractivity contribution < 1.29 is 9.90 Å². The highest BCUT2D eigenvalue weighted by Crippen LogP contribution is 2.10. The largest absolute Gasteiger partial charge is 0.508 e. The normalized spacial score (nSPS) is 12.1. The number of amides is 1. The predicted octanol–water partition coefficient (Wildman–Crippen LogP) is 0.398. The summed E-state index contributed by atoms with van der Waals surface area (Å²) in [5, 5.41) is 11.9. The van der Waals surface area contributed by atoms with E-state index in [0.29, 0.717) is 13.0 Å². The van der Waals surface area contributed by atoms with Gasteiger partial charge in [-0.05, 0) is 31.0 Å². The lowest BCUT2D eigenvalue weighted by atomic mass is 10.1. The maximum Gasteiger partial charge on any atom is 0.236 e. The molecule has 0 saturated carbocycles. The first-order valence-electron chi connectivity index (χ1n) is 4.91. The van der Waals surface area contributed by atoms with Crippen LogP contribution in [0, 0.1) is 0 Å². The summed E-state index contributed by atoms with van der Waals surface area (Å²) in [6, 6.07) is 6.49. The van der Waals surface area contributed by atoms with Crippen LogP contribution in [0.2, 0.25) is 0 Å². The molecule has 1 aromatic rings. The topological polar surface area (TPSA) is 75.4 Å². The van der Waals surface area contributed by atoms with Gasteiger partial charge in [0.05, 0.1) is 6.04 Å². The smallest absolute Gasteiger partial charge is 0.236 e. The van der Waals surface area contributed by atoms with Gasteiger partial charge in [-0.25, -0.2) is 0 Å². The standard InChI is InChI=1S/C11H16N2O2/c1-8(12)11(15)13-6-5-9-3-2-4-10(14)7-9/h2-4,7-8,14H,5-6,12H2,1H3,(H,13,15). The number of phenols is 1. The first kappa shape index (κ1) is 11.5. The minimum Gasteiger partial charge on any atom is -0.508 e. The lowest BCUT2D eigenvalue weighted by Crippen LogP contribution is -2.39. The Balaban J connectivity index is 2.35. The zero-order valence-electron chi connectivity index (χ0n) is 8.73. The Morgan fingerprint density at radius 2 is 2.33 bits per heavy atom. The van der Waals surface area contributed by atoms with Crippen molar-refractivity contribution in [3.8, 4) is 5.75 Å². The van der Waals surface area contributed by atoms with Crippen molar-refractivity contribution in [1.82, 2.24) is 5.32 Å². The number of rotatable bonds is 4. The Kier molecular flexibility index (Phi) is 4.12. The highest BCUT2D eigenvalue weighted by Gasteiger charge is 2.05. The van der Waals surface area contributed by atoms with E-state index in [2.05, 4.69) is 5.32 Å². The summed E-state index contributed by atoms with van der Waals surface area (Å²) >= 11 is 0. The summed E-state index contributed by atoms with van der Waals surface area (Å²) in [5.41, 5.74) is 6.37. The third-order valence-corrected chi connectivity index (χ3v) is 2.04. The maximum absolute atomic E-state index is 11.1. The van der Waals surface area contributed by atoms with Gasteiger partial charge >= 0.3 is 0 Å². The van der Waals surface area contributed by atoms with Crippen LogP contribution >= 0.6 is 0 Å². The molecule has 0 spiro atoms. The van der Waals surface area contributed by atoms with Gasteiger partial charge in [-0.15, -0.1) is 0 Å². The van der Waals surface area contributed by atoms with Crippen LogP contribution in [-0.2, 0) is 11.2 Å². The molecule has 0 aromatic heterocycles. The van der Waals surface area contributed by atoms with Gasteiger partial charge in [-0.1, -0.05) is 12.1 Å². The Bertz CT molecular complexity index is 337. The zero-order valence-corrected chi connectivity index (χ0v) is 8.73. The second kappa shape index (κ2) is 5.36. The van der Waals surface area contributed by atoms with Crippen molar-refractivity contribution in [2.75, 3.05) is 6.54 Å². The summed E-state index contributed by atoms with van der Waals surface area (Å²) < 4.78 is 0. The van der Waals surface area contributed by atoms with E-state index in [0.717, 1.165) is 5.56 Å². The van der Waals surface area contributed by atoms with Gasteiger partial charge in [0.2, 0.25) is 5.91 Å². The molecule has 0 bridgehead atoms. The SMILES string of the molecule is CC(N)C(=O)NCCc1cccc(O)c1. The number of benzene rings is 1. The number of aromatic hydroxyl groups is 1. The highest BCUT2D eigenvalue weighted by molar-refractivity contribution is 5.80. The molecule has 82 valence electrons. The minimum atomic E-state index is -0.478. The fourth-order valence-corrected chi connectivity index (χ4v) is 1.20. The van der Waals surface area contributed by atoms with E-state index in [9.17, 15) is 9.90 Å². The molecule has 0 heterocycles. The Labute approximate surface area is 89.1 Å². The molecule has 4 heteroatoms. The summed E-state index contributed by atoms with van der Waals surface area (Å²) in [4.78, 5) is 11.1. The van der Waals surface area contributed by atoms with Gasteiger partial charge in [0.15, 0.2) is 0 Å². The summed E-state index contributed by atoms with van der Waals surface area (Å²) in [6.07, 6.45) is 0.687. The van der Waals surface area contributed by atoms with Gasteiger partial charge < -0.3 is 16.2 Å². The number of hydrogen-bond acceptors (Lipinski definition) is 3. The average molecular weight is 208 g/mol. The van der Waals surface area contributed by atoms with E-state index >= 15 is 0 Å². The highest BCUT2D eigenvalue weighted by atomic mass is 16.3. The molecule has 1 atom stereocenters. The number of nitrogens with two attached hydrogens (primary N) is 1. The Morgan fingerprint density at radius 1 is 1.60 bits per heavy atom. The van der Waals surface area contributed by atoms with Gasteiger partial charge in [0.1, 0.15) is 5.75 Å². The van der Waals surface area contributed by atoms with Crippen LogP contribution in [0.5, 0.6) is 5.75 Å². The third kappa shape index (κ3) is 3.99. The van der Waals surface area contributed by atoms with Crippen molar-refractivity contribution in [3.05, 3.63) is 29.8 Å².